The molecule has 0 aromatic heterocycles. The van der Waals surface area contributed by atoms with Gasteiger partial charge in [-0.05, 0) is 43.3 Å². The lowest BCUT2D eigenvalue weighted by Gasteiger charge is -2.07. The first kappa shape index (κ1) is 21.4. The van der Waals surface area contributed by atoms with Gasteiger partial charge >= 0.3 is 5.69 Å². The van der Waals surface area contributed by atoms with Gasteiger partial charge in [-0.15, -0.1) is 0 Å². The molecule has 29 heavy (non-hydrogen) atoms. The lowest BCUT2D eigenvalue weighted by atomic mass is 10.2. The molecule has 10 heteroatoms. The number of ether oxygens (including phenoxy) is 1. The van der Waals surface area contributed by atoms with Gasteiger partial charge in [0.05, 0.1) is 17.7 Å². The van der Waals surface area contributed by atoms with Crippen LogP contribution in [0.2, 0.25) is 0 Å². The molecule has 152 valence electrons. The molecule has 0 saturated heterocycles. The Morgan fingerprint density at radius 2 is 1.86 bits per heavy atom. The number of phenolic OH excluding ortho intramolecular Hbond substituents is 1. The highest BCUT2D eigenvalue weighted by atomic mass is 16.6. The van der Waals surface area contributed by atoms with Gasteiger partial charge < -0.3 is 15.2 Å². The standard InChI is InChI=1S/C19H20N4O6/c1-2-29-15-6-4-14(5-7-15)21-18(25)9-10-19(26)22-20-12-13-3-8-17(24)16(11-13)23(27)28/h3-8,11-12,24H,2,9-10H2,1H3,(H,21,25)(H,22,26)/b20-12+. The SMILES string of the molecule is CCOc1ccc(NC(=O)CCC(=O)N/N=C/c2ccc(O)c([N+](=O)[O-])c2)cc1. The van der Waals surface area contributed by atoms with Crippen molar-refractivity contribution < 1.29 is 24.4 Å². The summed E-state index contributed by atoms with van der Waals surface area (Å²) in [6, 6.07) is 10.5. The second-order valence-electron chi connectivity index (χ2n) is 5.80. The fourth-order valence-electron chi connectivity index (χ4n) is 2.25. The van der Waals surface area contributed by atoms with Crippen molar-refractivity contribution in [2.24, 2.45) is 5.10 Å². The molecule has 0 heterocycles. The average Bonchev–Trinajstić information content (AvgIpc) is 2.69. The third kappa shape index (κ3) is 6.94. The topological polar surface area (TPSA) is 143 Å². The molecule has 10 nitrogen and oxygen atoms in total. The number of nitrogens with zero attached hydrogens (tertiary/aromatic N) is 2. The number of nitrogens with one attached hydrogen (secondary N) is 2. The summed E-state index contributed by atoms with van der Waals surface area (Å²) in [6.45, 7) is 2.42. The van der Waals surface area contributed by atoms with E-state index in [4.69, 9.17) is 4.74 Å². The second kappa shape index (κ2) is 10.4. The summed E-state index contributed by atoms with van der Waals surface area (Å²) < 4.78 is 5.31. The number of hydrazone groups is 1. The summed E-state index contributed by atoms with van der Waals surface area (Å²) >= 11 is 0. The van der Waals surface area contributed by atoms with Crippen LogP contribution in [0.3, 0.4) is 0 Å². The molecule has 0 aliphatic carbocycles. The number of nitro groups is 1. The number of carbonyl (C=O) groups is 2. The zero-order valence-electron chi connectivity index (χ0n) is 15.6. The number of benzene rings is 2. The highest BCUT2D eigenvalue weighted by Gasteiger charge is 2.13. The van der Waals surface area contributed by atoms with Gasteiger partial charge in [-0.1, -0.05) is 0 Å². The van der Waals surface area contributed by atoms with Crippen molar-refractivity contribution in [1.82, 2.24) is 5.43 Å². The van der Waals surface area contributed by atoms with Crippen LogP contribution in [0.5, 0.6) is 11.5 Å². The van der Waals surface area contributed by atoms with Crippen LogP contribution >= 0.6 is 0 Å². The number of rotatable bonds is 9. The maximum Gasteiger partial charge on any atom is 0.311 e. The minimum Gasteiger partial charge on any atom is -0.502 e. The number of hydrogen-bond donors (Lipinski definition) is 3. The maximum absolute atomic E-state index is 11.9. The molecule has 3 N–H and O–H groups in total. The van der Waals surface area contributed by atoms with Gasteiger partial charge in [0.15, 0.2) is 5.75 Å². The number of amides is 2. The van der Waals surface area contributed by atoms with E-state index in [9.17, 15) is 24.8 Å². The molecule has 0 saturated carbocycles. The van der Waals surface area contributed by atoms with E-state index in [1.807, 2.05) is 6.92 Å². The predicted molar refractivity (Wildman–Crippen MR) is 106 cm³/mol. The first-order chi connectivity index (χ1) is 13.9. The zero-order chi connectivity index (χ0) is 21.2. The lowest BCUT2D eigenvalue weighted by molar-refractivity contribution is -0.385. The van der Waals surface area contributed by atoms with Gasteiger partial charge in [0.2, 0.25) is 11.8 Å². The number of phenols is 1. The average molecular weight is 400 g/mol. The largest absolute Gasteiger partial charge is 0.502 e. The number of carbonyl (C=O) groups excluding carboxylic acids is 2. The second-order valence-corrected chi connectivity index (χ2v) is 5.80. The number of anilines is 1. The van der Waals surface area contributed by atoms with Crippen molar-refractivity contribution >= 4 is 29.4 Å². The lowest BCUT2D eigenvalue weighted by Crippen LogP contribution is -2.20. The van der Waals surface area contributed by atoms with Gasteiger partial charge in [-0.2, -0.15) is 5.10 Å². The highest BCUT2D eigenvalue weighted by molar-refractivity contribution is 5.93. The minimum atomic E-state index is -0.728. The predicted octanol–water partition coefficient (Wildman–Crippen LogP) is 2.57. The Labute approximate surface area is 166 Å². The van der Waals surface area contributed by atoms with E-state index in [0.29, 0.717) is 23.6 Å². The Balaban J connectivity index is 1.77. The van der Waals surface area contributed by atoms with E-state index in [-0.39, 0.29) is 18.7 Å². The van der Waals surface area contributed by atoms with Crippen LogP contribution in [0.1, 0.15) is 25.3 Å². The Morgan fingerprint density at radius 1 is 1.17 bits per heavy atom. The molecular formula is C19H20N4O6. The molecule has 2 amide bonds. The van der Waals surface area contributed by atoms with Crippen molar-refractivity contribution in [3.8, 4) is 11.5 Å². The Hall–Kier alpha value is -3.95. The van der Waals surface area contributed by atoms with Crippen molar-refractivity contribution in [2.75, 3.05) is 11.9 Å². The summed E-state index contributed by atoms with van der Waals surface area (Å²) in [5, 5.41) is 26.5. The number of nitro benzene ring substituents is 1. The molecular weight excluding hydrogens is 380 g/mol. The van der Waals surface area contributed by atoms with Gasteiger partial charge in [-0.25, -0.2) is 5.43 Å². The van der Waals surface area contributed by atoms with Crippen LogP contribution in [0, 0.1) is 10.1 Å². The molecule has 0 atom stereocenters. The fourth-order valence-corrected chi connectivity index (χ4v) is 2.25. The molecule has 0 radical (unpaired) electrons. The molecule has 0 aliphatic heterocycles. The number of aromatic hydroxyl groups is 1. The summed E-state index contributed by atoms with van der Waals surface area (Å²) in [5.41, 5.74) is 2.68. The minimum absolute atomic E-state index is 0.0424. The molecule has 0 bridgehead atoms. The quantitative estimate of drug-likeness (QED) is 0.335. The van der Waals surface area contributed by atoms with Gasteiger partial charge in [0.25, 0.3) is 0 Å². The van der Waals surface area contributed by atoms with Gasteiger partial charge in [0, 0.05) is 30.2 Å². The third-order valence-corrected chi connectivity index (χ3v) is 3.63. The Bertz CT molecular complexity index is 911. The van der Waals surface area contributed by atoms with Crippen molar-refractivity contribution in [1.29, 1.82) is 0 Å². The van der Waals surface area contributed by atoms with Crippen LogP contribution in [0.4, 0.5) is 11.4 Å². The molecule has 0 fully saturated rings. The molecule has 0 unspecified atom stereocenters. The van der Waals surface area contributed by atoms with Crippen molar-refractivity contribution in [3.05, 3.63) is 58.1 Å². The van der Waals surface area contributed by atoms with E-state index < -0.39 is 22.3 Å². The summed E-state index contributed by atoms with van der Waals surface area (Å²) in [4.78, 5) is 33.7. The van der Waals surface area contributed by atoms with E-state index in [1.165, 1.54) is 12.3 Å². The van der Waals surface area contributed by atoms with Crippen molar-refractivity contribution in [3.63, 3.8) is 0 Å². The Morgan fingerprint density at radius 3 is 2.52 bits per heavy atom. The van der Waals surface area contributed by atoms with Crippen LogP contribution in [-0.2, 0) is 9.59 Å². The smallest absolute Gasteiger partial charge is 0.311 e. The highest BCUT2D eigenvalue weighted by Crippen LogP contribution is 2.25. The van der Waals surface area contributed by atoms with Gasteiger partial charge in [0.1, 0.15) is 5.75 Å². The molecule has 0 spiro atoms. The van der Waals surface area contributed by atoms with Crippen LogP contribution in [0.15, 0.2) is 47.6 Å². The van der Waals surface area contributed by atoms with E-state index in [0.717, 1.165) is 12.1 Å². The third-order valence-electron chi connectivity index (χ3n) is 3.63. The summed E-state index contributed by atoms with van der Waals surface area (Å²) in [6.07, 6.45) is 1.07. The molecule has 2 aromatic rings. The fraction of sp³-hybridized carbons (Fsp3) is 0.211. The monoisotopic (exact) mass is 400 g/mol. The summed E-state index contributed by atoms with van der Waals surface area (Å²) in [7, 11) is 0. The van der Waals surface area contributed by atoms with Crippen molar-refractivity contribution in [2.45, 2.75) is 19.8 Å². The first-order valence-corrected chi connectivity index (χ1v) is 8.71. The molecule has 2 rings (SSSR count). The maximum atomic E-state index is 11.9. The normalized spacial score (nSPS) is 10.5. The molecule has 2 aromatic carbocycles. The van der Waals surface area contributed by atoms with E-state index in [1.54, 1.807) is 24.3 Å². The summed E-state index contributed by atoms with van der Waals surface area (Å²) in [5.74, 6) is -0.588. The molecule has 0 aliphatic rings. The zero-order valence-corrected chi connectivity index (χ0v) is 15.6. The first-order valence-electron chi connectivity index (χ1n) is 8.71. The van der Waals surface area contributed by atoms with Crippen LogP contribution in [-0.4, -0.2) is 34.7 Å². The number of hydrogen-bond acceptors (Lipinski definition) is 7. The Kier molecular flexibility index (Phi) is 7.66. The van der Waals surface area contributed by atoms with Gasteiger partial charge in [-0.3, -0.25) is 19.7 Å². The van der Waals surface area contributed by atoms with Crippen LogP contribution < -0.4 is 15.5 Å². The van der Waals surface area contributed by atoms with E-state index >= 15 is 0 Å². The van der Waals surface area contributed by atoms with Crippen LogP contribution in [0.25, 0.3) is 0 Å². The van der Waals surface area contributed by atoms with E-state index in [2.05, 4.69) is 15.8 Å².